The van der Waals surface area contributed by atoms with Crippen LogP contribution in [-0.2, 0) is 14.4 Å². The van der Waals surface area contributed by atoms with Crippen LogP contribution in [0.25, 0.3) is 0 Å². The summed E-state index contributed by atoms with van der Waals surface area (Å²) in [5, 5.41) is 5.61. The standard InChI is InChI=1S/C19H23N3O3/c1-11-7-3-4-8-13(11)22-17(24)14-12(2)21-18(25)15(16(20)23)19(14)9-5-6-10-19/h3-4,7-8,15H,5-6,9-10H2,1-2H3,(H2,20,23)(H,21,25)(H,22,24)/t15-/m0/s1. The third-order valence-corrected chi connectivity index (χ3v) is 5.40. The molecule has 2 aliphatic rings. The van der Waals surface area contributed by atoms with Gasteiger partial charge in [-0.1, -0.05) is 31.0 Å². The Hall–Kier alpha value is -2.63. The topological polar surface area (TPSA) is 101 Å². The number of aryl methyl sites for hydroxylation is 1. The van der Waals surface area contributed by atoms with E-state index in [1.807, 2.05) is 31.2 Å². The van der Waals surface area contributed by atoms with Crippen LogP contribution >= 0.6 is 0 Å². The number of benzene rings is 1. The lowest BCUT2D eigenvalue weighted by Gasteiger charge is -2.41. The zero-order valence-electron chi connectivity index (χ0n) is 14.5. The number of amides is 3. The van der Waals surface area contributed by atoms with E-state index in [1.165, 1.54) is 0 Å². The summed E-state index contributed by atoms with van der Waals surface area (Å²) >= 11 is 0. The van der Waals surface area contributed by atoms with E-state index in [4.69, 9.17) is 5.73 Å². The average molecular weight is 341 g/mol. The molecule has 3 rings (SSSR count). The van der Waals surface area contributed by atoms with Gasteiger partial charge < -0.3 is 16.4 Å². The van der Waals surface area contributed by atoms with Crippen molar-refractivity contribution in [2.45, 2.75) is 39.5 Å². The Labute approximate surface area is 146 Å². The minimum absolute atomic E-state index is 0.278. The summed E-state index contributed by atoms with van der Waals surface area (Å²) in [6.45, 7) is 3.62. The van der Waals surface area contributed by atoms with Gasteiger partial charge in [-0.25, -0.2) is 0 Å². The molecule has 3 amide bonds. The molecular formula is C19H23N3O3. The quantitative estimate of drug-likeness (QED) is 0.733. The number of nitrogens with one attached hydrogen (secondary N) is 2. The van der Waals surface area contributed by atoms with Crippen molar-refractivity contribution in [3.8, 4) is 0 Å². The maximum Gasteiger partial charge on any atom is 0.253 e. The van der Waals surface area contributed by atoms with Gasteiger partial charge in [0.15, 0.2) is 0 Å². The lowest BCUT2D eigenvalue weighted by Crippen LogP contribution is -2.54. The summed E-state index contributed by atoms with van der Waals surface area (Å²) in [5.74, 6) is -2.36. The molecule has 1 aliphatic carbocycles. The predicted molar refractivity (Wildman–Crippen MR) is 94.2 cm³/mol. The van der Waals surface area contributed by atoms with E-state index in [0.29, 0.717) is 29.8 Å². The van der Waals surface area contributed by atoms with Gasteiger partial charge in [-0.2, -0.15) is 0 Å². The van der Waals surface area contributed by atoms with E-state index in [2.05, 4.69) is 10.6 Å². The molecule has 132 valence electrons. The molecule has 0 aromatic heterocycles. The lowest BCUT2D eigenvalue weighted by atomic mass is 9.65. The highest BCUT2D eigenvalue weighted by atomic mass is 16.2. The van der Waals surface area contributed by atoms with Gasteiger partial charge in [0.2, 0.25) is 11.8 Å². The molecule has 25 heavy (non-hydrogen) atoms. The number of hydrogen-bond donors (Lipinski definition) is 3. The second-order valence-electron chi connectivity index (χ2n) is 6.96. The van der Waals surface area contributed by atoms with Gasteiger partial charge in [-0.05, 0) is 38.3 Å². The van der Waals surface area contributed by atoms with Crippen LogP contribution in [0.5, 0.6) is 0 Å². The second kappa shape index (κ2) is 6.35. The summed E-state index contributed by atoms with van der Waals surface area (Å²) < 4.78 is 0. The molecule has 4 N–H and O–H groups in total. The zero-order valence-corrected chi connectivity index (χ0v) is 14.5. The molecule has 1 heterocycles. The molecule has 1 aromatic rings. The number of rotatable bonds is 3. The summed E-state index contributed by atoms with van der Waals surface area (Å²) in [6, 6.07) is 7.50. The van der Waals surface area contributed by atoms with Gasteiger partial charge in [0, 0.05) is 22.4 Å². The van der Waals surface area contributed by atoms with Crippen molar-refractivity contribution in [2.24, 2.45) is 17.1 Å². The minimum atomic E-state index is -1.00. The van der Waals surface area contributed by atoms with E-state index in [0.717, 1.165) is 18.4 Å². The summed E-state index contributed by atoms with van der Waals surface area (Å²) in [7, 11) is 0. The Balaban J connectivity index is 2.04. The van der Waals surface area contributed by atoms with Crippen LogP contribution in [0.4, 0.5) is 5.69 Å². The fourth-order valence-electron chi connectivity index (χ4n) is 4.33. The fraction of sp³-hybridized carbons (Fsp3) is 0.421. The molecule has 0 bridgehead atoms. The SMILES string of the molecule is CC1=C(C(=O)Nc2ccccc2C)C2(CCCC2)[C@@H](C(N)=O)C(=O)N1. The number of primary amides is 1. The van der Waals surface area contributed by atoms with Gasteiger partial charge >= 0.3 is 0 Å². The molecule has 6 heteroatoms. The van der Waals surface area contributed by atoms with Gasteiger partial charge in [-0.15, -0.1) is 0 Å². The summed E-state index contributed by atoms with van der Waals surface area (Å²) in [4.78, 5) is 37.5. The number of allylic oxidation sites excluding steroid dienone is 1. The van der Waals surface area contributed by atoms with Gasteiger partial charge in [0.25, 0.3) is 5.91 Å². The van der Waals surface area contributed by atoms with Gasteiger partial charge in [-0.3, -0.25) is 14.4 Å². The Bertz CT molecular complexity index is 776. The molecule has 1 spiro atoms. The molecule has 0 saturated heterocycles. The zero-order chi connectivity index (χ0) is 18.2. The van der Waals surface area contributed by atoms with Gasteiger partial charge in [0.05, 0.1) is 0 Å². The van der Waals surface area contributed by atoms with Crippen LogP contribution in [0.2, 0.25) is 0 Å². The Morgan fingerprint density at radius 3 is 2.44 bits per heavy atom. The van der Waals surface area contributed by atoms with Crippen molar-refractivity contribution in [3.05, 3.63) is 41.1 Å². The van der Waals surface area contributed by atoms with Crippen molar-refractivity contribution in [1.82, 2.24) is 5.32 Å². The maximum atomic E-state index is 13.1. The fourth-order valence-corrected chi connectivity index (χ4v) is 4.33. The molecule has 0 radical (unpaired) electrons. The minimum Gasteiger partial charge on any atom is -0.369 e. The van der Waals surface area contributed by atoms with Crippen LogP contribution < -0.4 is 16.4 Å². The molecule has 1 aromatic carbocycles. The first kappa shape index (κ1) is 17.2. The monoisotopic (exact) mass is 341 g/mol. The Kier molecular flexibility index (Phi) is 4.37. The molecular weight excluding hydrogens is 318 g/mol. The predicted octanol–water partition coefficient (Wildman–Crippen LogP) is 2.00. The van der Waals surface area contributed by atoms with E-state index >= 15 is 0 Å². The third-order valence-electron chi connectivity index (χ3n) is 5.40. The molecule has 1 aliphatic heterocycles. The highest BCUT2D eigenvalue weighted by molar-refractivity contribution is 6.11. The summed E-state index contributed by atoms with van der Waals surface area (Å²) in [6.07, 6.45) is 2.96. The number of nitrogens with two attached hydrogens (primary N) is 1. The van der Waals surface area contributed by atoms with Crippen molar-refractivity contribution >= 4 is 23.4 Å². The van der Waals surface area contributed by atoms with Crippen LogP contribution in [0, 0.1) is 18.3 Å². The van der Waals surface area contributed by atoms with Crippen LogP contribution in [0.3, 0.4) is 0 Å². The first-order valence-electron chi connectivity index (χ1n) is 8.55. The number of hydrogen-bond acceptors (Lipinski definition) is 3. The molecule has 1 saturated carbocycles. The van der Waals surface area contributed by atoms with E-state index in [9.17, 15) is 14.4 Å². The van der Waals surface area contributed by atoms with E-state index in [1.54, 1.807) is 6.92 Å². The van der Waals surface area contributed by atoms with Gasteiger partial charge in [0.1, 0.15) is 5.92 Å². The van der Waals surface area contributed by atoms with Crippen molar-refractivity contribution in [1.29, 1.82) is 0 Å². The van der Waals surface area contributed by atoms with Crippen LogP contribution in [0.15, 0.2) is 35.5 Å². The maximum absolute atomic E-state index is 13.1. The average Bonchev–Trinajstić information content (AvgIpc) is 2.97. The van der Waals surface area contributed by atoms with E-state index < -0.39 is 23.1 Å². The molecule has 1 atom stereocenters. The largest absolute Gasteiger partial charge is 0.369 e. The van der Waals surface area contributed by atoms with E-state index in [-0.39, 0.29) is 5.91 Å². The van der Waals surface area contributed by atoms with Crippen molar-refractivity contribution in [3.63, 3.8) is 0 Å². The Morgan fingerprint density at radius 1 is 1.20 bits per heavy atom. The summed E-state index contributed by atoms with van der Waals surface area (Å²) in [5.41, 5.74) is 7.40. The normalized spacial score (nSPS) is 22.0. The second-order valence-corrected chi connectivity index (χ2v) is 6.96. The smallest absolute Gasteiger partial charge is 0.253 e. The number of carbonyl (C=O) groups is 3. The van der Waals surface area contributed by atoms with Crippen LogP contribution in [-0.4, -0.2) is 17.7 Å². The number of carbonyl (C=O) groups excluding carboxylic acids is 3. The third kappa shape index (κ3) is 2.81. The number of anilines is 1. The lowest BCUT2D eigenvalue weighted by molar-refractivity contribution is -0.139. The highest BCUT2D eigenvalue weighted by Crippen LogP contribution is 2.52. The van der Waals surface area contributed by atoms with Crippen molar-refractivity contribution in [2.75, 3.05) is 5.32 Å². The molecule has 6 nitrogen and oxygen atoms in total. The van der Waals surface area contributed by atoms with Crippen molar-refractivity contribution < 1.29 is 14.4 Å². The van der Waals surface area contributed by atoms with Crippen LogP contribution in [0.1, 0.15) is 38.2 Å². The molecule has 0 unspecified atom stereocenters. The first-order valence-corrected chi connectivity index (χ1v) is 8.55. The molecule has 1 fully saturated rings. The number of para-hydroxylation sites is 1. The Morgan fingerprint density at radius 2 is 1.84 bits per heavy atom. The highest BCUT2D eigenvalue weighted by Gasteiger charge is 2.55. The first-order chi connectivity index (χ1) is 11.9.